The van der Waals surface area contributed by atoms with E-state index in [9.17, 15) is 23.4 Å². The van der Waals surface area contributed by atoms with E-state index >= 15 is 0 Å². The van der Waals surface area contributed by atoms with Gasteiger partial charge in [-0.05, 0) is 91.8 Å². The third-order valence-electron chi connectivity index (χ3n) is 7.49. The molecule has 0 aromatic heterocycles. The van der Waals surface area contributed by atoms with Crippen molar-refractivity contribution >= 4 is 33.3 Å². The van der Waals surface area contributed by atoms with Gasteiger partial charge in [0.15, 0.2) is 0 Å². The molecule has 2 aromatic carbocycles. The van der Waals surface area contributed by atoms with E-state index in [1.807, 2.05) is 18.2 Å². The zero-order chi connectivity index (χ0) is 27.3. The number of aliphatic hydroxyl groups excluding tert-OH is 1. The molecule has 8 nitrogen and oxygen atoms in total. The minimum atomic E-state index is -3.54. The third kappa shape index (κ3) is 7.50. The number of aromatic carboxylic acids is 1. The van der Waals surface area contributed by atoms with E-state index in [-0.39, 0.29) is 29.6 Å². The van der Waals surface area contributed by atoms with Crippen LogP contribution in [0.5, 0.6) is 5.75 Å². The van der Waals surface area contributed by atoms with Gasteiger partial charge in [0.1, 0.15) is 12.4 Å². The van der Waals surface area contributed by atoms with Crippen LogP contribution in [0.4, 0.5) is 5.69 Å². The number of nitrogens with zero attached hydrogens (tertiary/aromatic N) is 1. The molecule has 206 valence electrons. The van der Waals surface area contributed by atoms with Gasteiger partial charge < -0.3 is 19.8 Å². The Morgan fingerprint density at radius 3 is 2.71 bits per heavy atom. The average molecular weight is 563 g/mol. The highest BCUT2D eigenvalue weighted by molar-refractivity contribution is 7.89. The van der Waals surface area contributed by atoms with Crippen molar-refractivity contribution in [2.75, 3.05) is 23.7 Å². The molecule has 1 aliphatic heterocycles. The maximum atomic E-state index is 11.8. The van der Waals surface area contributed by atoms with Crippen LogP contribution in [-0.2, 0) is 23.1 Å². The van der Waals surface area contributed by atoms with Crippen molar-refractivity contribution < 1.29 is 28.2 Å². The molecule has 0 spiro atoms. The molecule has 4 rings (SSSR count). The highest BCUT2D eigenvalue weighted by Crippen LogP contribution is 2.40. The number of primary sulfonamides is 1. The number of rotatable bonds is 8. The Morgan fingerprint density at radius 2 is 2.00 bits per heavy atom. The molecule has 1 fully saturated rings. The Bertz CT molecular complexity index is 1280. The van der Waals surface area contributed by atoms with Crippen molar-refractivity contribution in [3.05, 3.63) is 70.3 Å². The lowest BCUT2D eigenvalue weighted by molar-refractivity contribution is 0.0461. The number of carboxylic acids is 1. The van der Waals surface area contributed by atoms with E-state index in [4.69, 9.17) is 21.5 Å². The maximum Gasteiger partial charge on any atom is 0.335 e. The summed E-state index contributed by atoms with van der Waals surface area (Å²) in [5, 5.41) is 26.1. The molecule has 0 bridgehead atoms. The number of hydrogen-bond donors (Lipinski definition) is 3. The second-order valence-electron chi connectivity index (χ2n) is 10.2. The number of carboxylic acid groups (broad SMARTS) is 1. The molecular weight excluding hydrogens is 528 g/mol. The third-order valence-corrected chi connectivity index (χ3v) is 8.53. The van der Waals surface area contributed by atoms with Crippen LogP contribution in [0.1, 0.15) is 53.6 Å². The molecule has 0 amide bonds. The van der Waals surface area contributed by atoms with Gasteiger partial charge in [-0.15, -0.1) is 0 Å². The Balaban J connectivity index is 1.53. The number of fused-ring (bicyclic) bond motifs is 2. The zero-order valence-corrected chi connectivity index (χ0v) is 22.8. The molecule has 0 unspecified atom stereocenters. The van der Waals surface area contributed by atoms with Crippen LogP contribution in [0.15, 0.2) is 48.6 Å². The highest BCUT2D eigenvalue weighted by atomic mass is 35.5. The molecule has 1 heterocycles. The quantitative estimate of drug-likeness (QED) is 0.407. The van der Waals surface area contributed by atoms with Crippen LogP contribution < -0.4 is 14.8 Å². The van der Waals surface area contributed by atoms with Crippen LogP contribution in [0.25, 0.3) is 0 Å². The van der Waals surface area contributed by atoms with Crippen LogP contribution in [-0.4, -0.2) is 49.5 Å². The minimum absolute atomic E-state index is 0.0392. The Kier molecular flexibility index (Phi) is 9.36. The highest BCUT2D eigenvalue weighted by Gasteiger charge is 2.36. The minimum Gasteiger partial charge on any atom is -0.487 e. The fourth-order valence-electron chi connectivity index (χ4n) is 5.24. The van der Waals surface area contributed by atoms with Gasteiger partial charge in [0.25, 0.3) is 0 Å². The Hall–Kier alpha value is -2.59. The number of sulfonamides is 1. The summed E-state index contributed by atoms with van der Waals surface area (Å²) in [6.07, 6.45) is 7.44. The Morgan fingerprint density at radius 1 is 1.18 bits per heavy atom. The second-order valence-corrected chi connectivity index (χ2v) is 12.3. The van der Waals surface area contributed by atoms with E-state index in [0.29, 0.717) is 23.9 Å². The number of carbonyl (C=O) groups is 1. The SMILES string of the molecule is NS(=O)(=O)CC/C=C/[C@H](O)[C@@H]1CC[C@H]1CN1CCCCc2cc(Cl)ccc2COc2ccc(C(=O)O)cc21. The van der Waals surface area contributed by atoms with Gasteiger partial charge in [-0.2, -0.15) is 0 Å². The monoisotopic (exact) mass is 562 g/mol. The summed E-state index contributed by atoms with van der Waals surface area (Å²) >= 11 is 6.24. The number of anilines is 1. The standard InChI is InChI=1S/C28H35ClN2O6S/c29-23-10-7-22-18-37-27-12-9-20(28(33)34)16-25(27)31(13-3-1-5-19(22)15-23)17-21-8-11-24(21)26(32)6-2-4-14-38(30,35)36/h2,6-7,9-10,12,15-16,21,24,26,32H,1,3-5,8,11,13-14,17-18H2,(H,33,34)(H2,30,35,36)/b6-2+/t21-,24+,26-/m0/s1. The number of hydrogen-bond acceptors (Lipinski definition) is 6. The summed E-state index contributed by atoms with van der Waals surface area (Å²) in [5.41, 5.74) is 3.16. The van der Waals surface area contributed by atoms with Crippen LogP contribution in [0.2, 0.25) is 5.02 Å². The predicted octanol–water partition coefficient (Wildman–Crippen LogP) is 4.38. The molecule has 1 saturated carbocycles. The van der Waals surface area contributed by atoms with E-state index in [0.717, 1.165) is 55.5 Å². The van der Waals surface area contributed by atoms with Crippen molar-refractivity contribution in [1.29, 1.82) is 0 Å². The first kappa shape index (κ1) is 28.4. The van der Waals surface area contributed by atoms with Crippen molar-refractivity contribution in [2.24, 2.45) is 17.0 Å². The van der Waals surface area contributed by atoms with Gasteiger partial charge in [0.2, 0.25) is 10.0 Å². The van der Waals surface area contributed by atoms with Gasteiger partial charge in [0.05, 0.1) is 23.1 Å². The molecule has 38 heavy (non-hydrogen) atoms. The van der Waals surface area contributed by atoms with Crippen LogP contribution in [0, 0.1) is 11.8 Å². The average Bonchev–Trinajstić information content (AvgIpc) is 2.87. The van der Waals surface area contributed by atoms with Crippen molar-refractivity contribution in [3.8, 4) is 5.75 Å². The van der Waals surface area contributed by atoms with Gasteiger partial charge >= 0.3 is 5.97 Å². The topological polar surface area (TPSA) is 130 Å². The summed E-state index contributed by atoms with van der Waals surface area (Å²) in [5.74, 6) is -0.287. The number of benzene rings is 2. The number of ether oxygens (including phenoxy) is 1. The second kappa shape index (κ2) is 12.5. The van der Waals surface area contributed by atoms with E-state index in [1.54, 1.807) is 30.4 Å². The number of aliphatic hydroxyl groups is 1. The summed E-state index contributed by atoms with van der Waals surface area (Å²) in [4.78, 5) is 14.0. The van der Waals surface area contributed by atoms with Gasteiger partial charge in [0, 0.05) is 18.1 Å². The van der Waals surface area contributed by atoms with E-state index < -0.39 is 22.1 Å². The van der Waals surface area contributed by atoms with Gasteiger partial charge in [-0.25, -0.2) is 18.4 Å². The number of aryl methyl sites for hydroxylation is 1. The molecule has 2 aromatic rings. The molecule has 10 heteroatoms. The molecule has 2 aliphatic rings. The van der Waals surface area contributed by atoms with Crippen molar-refractivity contribution in [2.45, 2.75) is 51.2 Å². The normalized spacial score (nSPS) is 21.0. The predicted molar refractivity (Wildman–Crippen MR) is 148 cm³/mol. The fraction of sp³-hybridized carbons (Fsp3) is 0.464. The molecule has 1 aliphatic carbocycles. The molecular formula is C28H35ClN2O6S. The number of allylic oxidation sites excluding steroid dienone is 1. The smallest absolute Gasteiger partial charge is 0.335 e. The van der Waals surface area contributed by atoms with Crippen molar-refractivity contribution in [1.82, 2.24) is 0 Å². The van der Waals surface area contributed by atoms with Crippen LogP contribution >= 0.6 is 11.6 Å². The van der Waals surface area contributed by atoms with Crippen molar-refractivity contribution in [3.63, 3.8) is 0 Å². The Labute approximate surface area is 229 Å². The molecule has 0 saturated heterocycles. The van der Waals surface area contributed by atoms with E-state index in [1.165, 1.54) is 0 Å². The molecule has 0 radical (unpaired) electrons. The summed E-state index contributed by atoms with van der Waals surface area (Å²) in [6, 6.07) is 10.8. The van der Waals surface area contributed by atoms with Gasteiger partial charge in [-0.1, -0.05) is 29.8 Å². The molecule has 4 N–H and O–H groups in total. The van der Waals surface area contributed by atoms with Crippen LogP contribution in [0.3, 0.4) is 0 Å². The first-order valence-corrected chi connectivity index (χ1v) is 15.1. The molecule has 3 atom stereocenters. The van der Waals surface area contributed by atoms with E-state index in [2.05, 4.69) is 4.90 Å². The maximum absolute atomic E-state index is 11.8. The lowest BCUT2D eigenvalue weighted by Crippen LogP contribution is -2.43. The fourth-order valence-corrected chi connectivity index (χ4v) is 5.90. The zero-order valence-electron chi connectivity index (χ0n) is 21.3. The summed E-state index contributed by atoms with van der Waals surface area (Å²) in [7, 11) is -3.54. The first-order chi connectivity index (χ1) is 18.1. The largest absolute Gasteiger partial charge is 0.487 e. The first-order valence-electron chi connectivity index (χ1n) is 13.0. The summed E-state index contributed by atoms with van der Waals surface area (Å²) < 4.78 is 28.5. The lowest BCUT2D eigenvalue weighted by Gasteiger charge is -2.42. The number of halogens is 1. The number of nitrogens with two attached hydrogens (primary N) is 1. The van der Waals surface area contributed by atoms with Gasteiger partial charge in [-0.3, -0.25) is 0 Å². The lowest BCUT2D eigenvalue weighted by atomic mass is 9.70. The summed E-state index contributed by atoms with van der Waals surface area (Å²) in [6.45, 7) is 1.73.